The summed E-state index contributed by atoms with van der Waals surface area (Å²) in [6.45, 7) is 5.16. The minimum Gasteiger partial charge on any atom is -0.398 e. The van der Waals surface area contributed by atoms with E-state index in [-0.39, 0.29) is 5.91 Å². The fourth-order valence-electron chi connectivity index (χ4n) is 2.15. The summed E-state index contributed by atoms with van der Waals surface area (Å²) >= 11 is 5.91. The summed E-state index contributed by atoms with van der Waals surface area (Å²) in [4.78, 5) is 12.0. The highest BCUT2D eigenvalue weighted by atomic mass is 35.5. The van der Waals surface area contributed by atoms with E-state index in [9.17, 15) is 4.79 Å². The number of anilines is 1. The van der Waals surface area contributed by atoms with Gasteiger partial charge in [-0.2, -0.15) is 0 Å². The maximum atomic E-state index is 12.0. The van der Waals surface area contributed by atoms with Gasteiger partial charge in [-0.3, -0.25) is 4.79 Å². The van der Waals surface area contributed by atoms with E-state index < -0.39 is 0 Å². The first-order chi connectivity index (χ1) is 8.44. The third kappa shape index (κ3) is 2.61. The number of hydrogen-bond donors (Lipinski definition) is 2. The van der Waals surface area contributed by atoms with Crippen LogP contribution in [0.4, 0.5) is 5.69 Å². The Morgan fingerprint density at radius 1 is 1.50 bits per heavy atom. The molecule has 1 aliphatic carbocycles. The summed E-state index contributed by atoms with van der Waals surface area (Å²) in [7, 11) is 0. The molecule has 1 aromatic carbocycles. The summed E-state index contributed by atoms with van der Waals surface area (Å²) in [6.07, 6.45) is 2.40. The van der Waals surface area contributed by atoms with E-state index in [1.54, 1.807) is 18.2 Å². The van der Waals surface area contributed by atoms with Crippen LogP contribution in [0.25, 0.3) is 0 Å². The van der Waals surface area contributed by atoms with Crippen molar-refractivity contribution in [2.45, 2.75) is 26.7 Å². The number of nitrogen functional groups attached to an aromatic ring is 1. The van der Waals surface area contributed by atoms with Gasteiger partial charge in [-0.15, -0.1) is 0 Å². The highest BCUT2D eigenvalue weighted by Crippen LogP contribution is 2.51. The highest BCUT2D eigenvalue weighted by Gasteiger charge is 2.45. The molecule has 1 aromatic rings. The number of hydrogen-bond acceptors (Lipinski definition) is 2. The second-order valence-electron chi connectivity index (χ2n) is 5.44. The lowest BCUT2D eigenvalue weighted by Crippen LogP contribution is -2.32. The Morgan fingerprint density at radius 3 is 2.67 bits per heavy atom. The quantitative estimate of drug-likeness (QED) is 0.823. The molecule has 1 amide bonds. The van der Waals surface area contributed by atoms with Gasteiger partial charge in [0.2, 0.25) is 0 Å². The van der Waals surface area contributed by atoms with E-state index in [0.717, 1.165) is 6.54 Å². The van der Waals surface area contributed by atoms with Gasteiger partial charge in [-0.25, -0.2) is 0 Å². The smallest absolute Gasteiger partial charge is 0.251 e. The molecule has 3 N–H and O–H groups in total. The van der Waals surface area contributed by atoms with Crippen molar-refractivity contribution in [3.05, 3.63) is 28.8 Å². The van der Waals surface area contributed by atoms with Gasteiger partial charge in [0.15, 0.2) is 0 Å². The molecule has 0 aromatic heterocycles. The van der Waals surface area contributed by atoms with Crippen LogP contribution in [0.5, 0.6) is 0 Å². The van der Waals surface area contributed by atoms with Gasteiger partial charge < -0.3 is 11.1 Å². The van der Waals surface area contributed by atoms with Crippen molar-refractivity contribution in [2.24, 2.45) is 11.3 Å². The molecule has 0 aliphatic heterocycles. The summed E-state index contributed by atoms with van der Waals surface area (Å²) < 4.78 is 0. The predicted molar refractivity (Wildman–Crippen MR) is 74.7 cm³/mol. The molecular weight excluding hydrogens is 248 g/mol. The summed E-state index contributed by atoms with van der Waals surface area (Å²) in [6, 6.07) is 4.97. The molecule has 1 fully saturated rings. The number of halogens is 1. The Hall–Kier alpha value is -1.22. The molecule has 0 saturated heterocycles. The van der Waals surface area contributed by atoms with Crippen molar-refractivity contribution >= 4 is 23.2 Å². The maximum absolute atomic E-state index is 12.0. The molecule has 0 heterocycles. The van der Waals surface area contributed by atoms with Crippen molar-refractivity contribution in [1.82, 2.24) is 5.32 Å². The molecule has 0 spiro atoms. The lowest BCUT2D eigenvalue weighted by Gasteiger charge is -2.20. The molecule has 4 heteroatoms. The Balaban J connectivity index is 1.98. The number of amides is 1. The van der Waals surface area contributed by atoms with E-state index in [4.69, 9.17) is 17.3 Å². The van der Waals surface area contributed by atoms with Crippen LogP contribution >= 0.6 is 11.6 Å². The molecule has 1 aliphatic rings. The third-order valence-corrected chi connectivity index (χ3v) is 4.31. The Labute approximate surface area is 113 Å². The average molecular weight is 267 g/mol. The van der Waals surface area contributed by atoms with Crippen LogP contribution < -0.4 is 11.1 Å². The Morgan fingerprint density at radius 2 is 2.17 bits per heavy atom. The number of benzene rings is 1. The van der Waals surface area contributed by atoms with Gasteiger partial charge in [-0.05, 0) is 42.4 Å². The van der Waals surface area contributed by atoms with Crippen LogP contribution in [0.1, 0.15) is 37.0 Å². The Bertz CT molecular complexity index is 467. The minimum atomic E-state index is -0.0798. The van der Waals surface area contributed by atoms with Gasteiger partial charge in [0, 0.05) is 12.1 Å². The lowest BCUT2D eigenvalue weighted by atomic mass is 9.92. The van der Waals surface area contributed by atoms with Gasteiger partial charge in [-0.1, -0.05) is 25.4 Å². The van der Waals surface area contributed by atoms with Crippen molar-refractivity contribution in [1.29, 1.82) is 0 Å². The fourth-order valence-corrected chi connectivity index (χ4v) is 2.33. The minimum absolute atomic E-state index is 0.0798. The monoisotopic (exact) mass is 266 g/mol. The standard InChI is InChI=1S/C14H19ClN2O/c1-9(2)14(5-6-14)8-17-13(18)10-3-4-12(16)11(15)7-10/h3-4,7,9H,5-6,8,16H2,1-2H3,(H,17,18). The first-order valence-corrected chi connectivity index (χ1v) is 6.66. The molecular formula is C14H19ClN2O. The first-order valence-electron chi connectivity index (χ1n) is 6.28. The Kier molecular flexibility index (Phi) is 3.53. The molecule has 1 saturated carbocycles. The van der Waals surface area contributed by atoms with E-state index in [1.807, 2.05) is 0 Å². The van der Waals surface area contributed by atoms with Crippen molar-refractivity contribution in [3.63, 3.8) is 0 Å². The lowest BCUT2D eigenvalue weighted by molar-refractivity contribution is 0.0940. The van der Waals surface area contributed by atoms with Crippen LogP contribution in [-0.4, -0.2) is 12.5 Å². The zero-order chi connectivity index (χ0) is 13.3. The highest BCUT2D eigenvalue weighted by molar-refractivity contribution is 6.33. The topological polar surface area (TPSA) is 55.1 Å². The van der Waals surface area contributed by atoms with E-state index in [2.05, 4.69) is 19.2 Å². The maximum Gasteiger partial charge on any atom is 0.251 e. The third-order valence-electron chi connectivity index (χ3n) is 3.98. The van der Waals surface area contributed by atoms with Gasteiger partial charge in [0.1, 0.15) is 0 Å². The molecule has 3 nitrogen and oxygen atoms in total. The fraction of sp³-hybridized carbons (Fsp3) is 0.500. The van der Waals surface area contributed by atoms with Crippen LogP contribution in [-0.2, 0) is 0 Å². The second-order valence-corrected chi connectivity index (χ2v) is 5.84. The zero-order valence-electron chi connectivity index (χ0n) is 10.8. The first kappa shape index (κ1) is 13.2. The number of nitrogens with two attached hydrogens (primary N) is 1. The average Bonchev–Trinajstić information content (AvgIpc) is 3.11. The molecule has 0 atom stereocenters. The van der Waals surface area contributed by atoms with Crippen LogP contribution in [0.15, 0.2) is 18.2 Å². The second kappa shape index (κ2) is 4.81. The molecule has 0 unspecified atom stereocenters. The van der Waals surface area contributed by atoms with Crippen LogP contribution in [0.2, 0.25) is 5.02 Å². The summed E-state index contributed by atoms with van der Waals surface area (Å²) in [5.41, 5.74) is 6.99. The van der Waals surface area contributed by atoms with Gasteiger partial charge >= 0.3 is 0 Å². The van der Waals surface area contributed by atoms with Crippen LogP contribution in [0.3, 0.4) is 0 Å². The molecule has 0 bridgehead atoms. The number of carbonyl (C=O) groups excluding carboxylic acids is 1. The normalized spacial score (nSPS) is 16.7. The number of nitrogens with one attached hydrogen (secondary N) is 1. The number of carbonyl (C=O) groups is 1. The van der Waals surface area contributed by atoms with Crippen molar-refractivity contribution < 1.29 is 4.79 Å². The predicted octanol–water partition coefficient (Wildman–Crippen LogP) is 3.09. The SMILES string of the molecule is CC(C)C1(CNC(=O)c2ccc(N)c(Cl)c2)CC1. The molecule has 0 radical (unpaired) electrons. The number of rotatable bonds is 4. The van der Waals surface area contributed by atoms with Crippen molar-refractivity contribution in [3.8, 4) is 0 Å². The summed E-state index contributed by atoms with van der Waals surface area (Å²) in [5, 5.41) is 3.42. The molecule has 2 rings (SSSR count). The zero-order valence-corrected chi connectivity index (χ0v) is 11.6. The van der Waals surface area contributed by atoms with E-state index in [1.165, 1.54) is 12.8 Å². The summed E-state index contributed by atoms with van der Waals surface area (Å²) in [5.74, 6) is 0.525. The van der Waals surface area contributed by atoms with Gasteiger partial charge in [0.05, 0.1) is 10.7 Å². The molecule has 98 valence electrons. The van der Waals surface area contributed by atoms with Crippen LogP contribution in [0, 0.1) is 11.3 Å². The molecule has 18 heavy (non-hydrogen) atoms. The van der Waals surface area contributed by atoms with E-state index >= 15 is 0 Å². The largest absolute Gasteiger partial charge is 0.398 e. The van der Waals surface area contributed by atoms with Gasteiger partial charge in [0.25, 0.3) is 5.91 Å². The van der Waals surface area contributed by atoms with E-state index in [0.29, 0.717) is 27.6 Å². The van der Waals surface area contributed by atoms with Crippen molar-refractivity contribution in [2.75, 3.05) is 12.3 Å².